The average molecular weight is 301 g/mol. The lowest BCUT2D eigenvalue weighted by molar-refractivity contribution is 0.251. The van der Waals surface area contributed by atoms with Crippen LogP contribution in [0.25, 0.3) is 0 Å². The molecule has 1 aliphatic heterocycles. The van der Waals surface area contributed by atoms with Crippen LogP contribution in [0.15, 0.2) is 24.5 Å². The maximum atomic E-state index is 5.82. The quantitative estimate of drug-likeness (QED) is 0.932. The van der Waals surface area contributed by atoms with Crippen molar-refractivity contribution in [3.8, 4) is 0 Å². The molecule has 0 spiro atoms. The zero-order chi connectivity index (χ0) is 9.80. The fraction of sp³-hybridized carbons (Fsp3) is 0.545. The molecule has 1 saturated heterocycles. The highest BCUT2D eigenvalue weighted by atomic mass is 35.5. The van der Waals surface area contributed by atoms with Crippen molar-refractivity contribution in [1.82, 2.24) is 9.88 Å². The van der Waals surface area contributed by atoms with Gasteiger partial charge in [0.05, 0.1) is 0 Å². The minimum absolute atomic E-state index is 0. The molecule has 2 heterocycles. The first-order valence-corrected chi connectivity index (χ1v) is 5.26. The zero-order valence-corrected chi connectivity index (χ0v) is 12.1. The van der Waals surface area contributed by atoms with Crippen molar-refractivity contribution in [2.45, 2.75) is 18.9 Å². The summed E-state index contributed by atoms with van der Waals surface area (Å²) in [5.41, 5.74) is 7.06. The maximum Gasteiger partial charge on any atom is 0.0485 e. The van der Waals surface area contributed by atoms with Crippen molar-refractivity contribution in [3.05, 3.63) is 30.1 Å². The van der Waals surface area contributed by atoms with E-state index in [2.05, 4.69) is 16.0 Å². The van der Waals surface area contributed by atoms with Crippen LogP contribution in [0.3, 0.4) is 0 Å². The van der Waals surface area contributed by atoms with Crippen LogP contribution in [0, 0.1) is 0 Å². The number of halogens is 3. The molecule has 1 aliphatic rings. The summed E-state index contributed by atoms with van der Waals surface area (Å²) in [6.07, 6.45) is 6.34. The van der Waals surface area contributed by atoms with Crippen LogP contribution in [-0.4, -0.2) is 29.5 Å². The van der Waals surface area contributed by atoms with Gasteiger partial charge in [-0.15, -0.1) is 37.2 Å². The second-order valence-electron chi connectivity index (χ2n) is 3.78. The van der Waals surface area contributed by atoms with E-state index >= 15 is 0 Å². The van der Waals surface area contributed by atoms with Crippen molar-refractivity contribution in [2.24, 2.45) is 5.73 Å². The lowest BCUT2D eigenvalue weighted by Gasteiger charge is -2.26. The highest BCUT2D eigenvalue weighted by Crippen LogP contribution is 2.22. The normalized spacial score (nSPS) is 16.3. The first kappa shape index (κ1) is 19.3. The molecule has 0 bridgehead atoms. The summed E-state index contributed by atoms with van der Waals surface area (Å²) < 4.78 is 0. The van der Waals surface area contributed by atoms with Crippen LogP contribution in [0.4, 0.5) is 0 Å². The minimum atomic E-state index is 0. The zero-order valence-electron chi connectivity index (χ0n) is 9.62. The maximum absolute atomic E-state index is 5.82. The van der Waals surface area contributed by atoms with Gasteiger partial charge in [0.1, 0.15) is 0 Å². The number of nitrogens with two attached hydrogens (primary N) is 1. The van der Waals surface area contributed by atoms with Gasteiger partial charge in [-0.3, -0.25) is 9.88 Å². The van der Waals surface area contributed by atoms with Gasteiger partial charge < -0.3 is 5.73 Å². The highest BCUT2D eigenvalue weighted by molar-refractivity contribution is 5.86. The summed E-state index contributed by atoms with van der Waals surface area (Å²) in [5.74, 6) is 0. The van der Waals surface area contributed by atoms with Crippen molar-refractivity contribution in [2.75, 3.05) is 19.6 Å². The second-order valence-corrected chi connectivity index (χ2v) is 3.78. The number of nitrogens with zero attached hydrogens (tertiary/aromatic N) is 2. The Bertz CT molecular complexity index is 279. The third-order valence-electron chi connectivity index (χ3n) is 2.87. The fourth-order valence-electron chi connectivity index (χ4n) is 2.12. The third kappa shape index (κ3) is 4.98. The molecule has 0 aromatic carbocycles. The third-order valence-corrected chi connectivity index (χ3v) is 2.87. The summed E-state index contributed by atoms with van der Waals surface area (Å²) in [6, 6.07) is 4.46. The number of likely N-dealkylation sites (tertiary alicyclic amines) is 1. The molecular weight excluding hydrogens is 281 g/mol. The number of aromatic nitrogens is 1. The molecule has 1 fully saturated rings. The second kappa shape index (κ2) is 9.92. The van der Waals surface area contributed by atoms with Gasteiger partial charge in [0.25, 0.3) is 0 Å². The van der Waals surface area contributed by atoms with E-state index in [0.29, 0.717) is 12.6 Å². The molecule has 1 aromatic rings. The predicted molar refractivity (Wildman–Crippen MR) is 78.6 cm³/mol. The Labute approximate surface area is 121 Å². The predicted octanol–water partition coefficient (Wildman–Crippen LogP) is 2.44. The van der Waals surface area contributed by atoms with E-state index in [1.807, 2.05) is 12.3 Å². The Hall–Kier alpha value is -0.0600. The standard InChI is InChI=1S/C11H17N3.3ClH/c12-8-11(14-6-1-2-7-14)10-4-3-5-13-9-10;;;/h3-5,9,11H,1-2,6-8,12H2;3*1H. The van der Waals surface area contributed by atoms with Crippen LogP contribution in [0.5, 0.6) is 0 Å². The van der Waals surface area contributed by atoms with Crippen molar-refractivity contribution in [3.63, 3.8) is 0 Å². The Kier molecular flexibility index (Phi) is 11.3. The van der Waals surface area contributed by atoms with Crippen molar-refractivity contribution in [1.29, 1.82) is 0 Å². The van der Waals surface area contributed by atoms with E-state index in [9.17, 15) is 0 Å². The molecule has 0 amide bonds. The lowest BCUT2D eigenvalue weighted by atomic mass is 10.1. The van der Waals surface area contributed by atoms with Crippen molar-refractivity contribution < 1.29 is 0 Å². The van der Waals surface area contributed by atoms with Gasteiger partial charge in [0.2, 0.25) is 0 Å². The van der Waals surface area contributed by atoms with Crippen LogP contribution in [0.2, 0.25) is 0 Å². The fourth-order valence-corrected chi connectivity index (χ4v) is 2.12. The molecule has 0 aliphatic carbocycles. The molecular formula is C11H20Cl3N3. The van der Waals surface area contributed by atoms with E-state index in [1.54, 1.807) is 6.20 Å². The SMILES string of the molecule is Cl.Cl.Cl.NCC(c1cccnc1)N1CCCC1. The van der Waals surface area contributed by atoms with Crippen LogP contribution >= 0.6 is 37.2 Å². The molecule has 100 valence electrons. The summed E-state index contributed by atoms with van der Waals surface area (Å²) >= 11 is 0. The molecule has 0 radical (unpaired) electrons. The summed E-state index contributed by atoms with van der Waals surface area (Å²) in [5, 5.41) is 0. The summed E-state index contributed by atoms with van der Waals surface area (Å²) in [6.45, 7) is 3.04. The van der Waals surface area contributed by atoms with Gasteiger partial charge in [0, 0.05) is 25.0 Å². The van der Waals surface area contributed by atoms with Gasteiger partial charge in [-0.2, -0.15) is 0 Å². The van der Waals surface area contributed by atoms with Gasteiger partial charge in [-0.25, -0.2) is 0 Å². The molecule has 6 heteroatoms. The Morgan fingerprint density at radius 2 is 1.88 bits per heavy atom. The van der Waals surface area contributed by atoms with E-state index in [4.69, 9.17) is 5.73 Å². The highest BCUT2D eigenvalue weighted by Gasteiger charge is 2.21. The van der Waals surface area contributed by atoms with Crippen LogP contribution in [0.1, 0.15) is 24.4 Å². The van der Waals surface area contributed by atoms with Gasteiger partial charge in [0.15, 0.2) is 0 Å². The number of hydrogen-bond donors (Lipinski definition) is 1. The smallest absolute Gasteiger partial charge is 0.0485 e. The molecule has 1 aromatic heterocycles. The minimum Gasteiger partial charge on any atom is -0.329 e. The Balaban J connectivity index is 0. The summed E-state index contributed by atoms with van der Waals surface area (Å²) in [7, 11) is 0. The molecule has 3 nitrogen and oxygen atoms in total. The van der Waals surface area contributed by atoms with E-state index < -0.39 is 0 Å². The topological polar surface area (TPSA) is 42.1 Å². The monoisotopic (exact) mass is 299 g/mol. The first-order valence-electron chi connectivity index (χ1n) is 5.26. The van der Waals surface area contributed by atoms with Gasteiger partial charge >= 0.3 is 0 Å². The van der Waals surface area contributed by atoms with E-state index in [1.165, 1.54) is 31.5 Å². The number of hydrogen-bond acceptors (Lipinski definition) is 3. The number of rotatable bonds is 3. The molecule has 2 N–H and O–H groups in total. The Morgan fingerprint density at radius 1 is 1.24 bits per heavy atom. The van der Waals surface area contributed by atoms with Crippen LogP contribution < -0.4 is 5.73 Å². The first-order chi connectivity index (χ1) is 6.92. The largest absolute Gasteiger partial charge is 0.329 e. The van der Waals surface area contributed by atoms with Gasteiger partial charge in [-0.1, -0.05) is 6.07 Å². The average Bonchev–Trinajstić information content (AvgIpc) is 2.74. The van der Waals surface area contributed by atoms with E-state index in [0.717, 1.165) is 0 Å². The molecule has 1 unspecified atom stereocenters. The molecule has 17 heavy (non-hydrogen) atoms. The Morgan fingerprint density at radius 3 is 2.35 bits per heavy atom. The summed E-state index contributed by atoms with van der Waals surface area (Å²) in [4.78, 5) is 6.60. The molecule has 0 saturated carbocycles. The van der Waals surface area contributed by atoms with E-state index in [-0.39, 0.29) is 37.2 Å². The number of pyridine rings is 1. The lowest BCUT2D eigenvalue weighted by Crippen LogP contribution is -2.31. The van der Waals surface area contributed by atoms with Crippen molar-refractivity contribution >= 4 is 37.2 Å². The van der Waals surface area contributed by atoms with Gasteiger partial charge in [-0.05, 0) is 37.6 Å². The van der Waals surface area contributed by atoms with Crippen LogP contribution in [-0.2, 0) is 0 Å². The molecule has 2 rings (SSSR count). The molecule has 1 atom stereocenters.